The van der Waals surface area contributed by atoms with Gasteiger partial charge in [0.1, 0.15) is 0 Å². The van der Waals surface area contributed by atoms with E-state index in [2.05, 4.69) is 38.3 Å². The lowest BCUT2D eigenvalue weighted by molar-refractivity contribution is 0.589. The molecule has 0 heteroatoms. The first-order valence-electron chi connectivity index (χ1n) is 7.69. The zero-order valence-corrected chi connectivity index (χ0v) is 12.5. The van der Waals surface area contributed by atoms with Crippen LogP contribution in [-0.2, 0) is 6.42 Å². The minimum atomic E-state index is 1.18. The second kappa shape index (κ2) is 9.61. The van der Waals surface area contributed by atoms with Gasteiger partial charge in [0, 0.05) is 0 Å². The summed E-state index contributed by atoms with van der Waals surface area (Å²) >= 11 is 0. The summed E-state index contributed by atoms with van der Waals surface area (Å²) in [5.74, 6) is 0. The number of unbranched alkanes of at least 4 members (excludes halogenated alkanes) is 6. The third-order valence-electron chi connectivity index (χ3n) is 3.66. The highest BCUT2D eigenvalue weighted by atomic mass is 14.0. The van der Waals surface area contributed by atoms with Crippen molar-refractivity contribution in [1.29, 1.82) is 0 Å². The normalized spacial score (nSPS) is 10.4. The average molecular weight is 256 g/mol. The molecular formula is C19H28. The van der Waals surface area contributed by atoms with E-state index in [-0.39, 0.29) is 0 Å². The summed E-state index contributed by atoms with van der Waals surface area (Å²) in [6, 6.07) is 6.63. The molecule has 0 unspecified atom stereocenters. The molecule has 0 aliphatic rings. The number of rotatable bonds is 10. The fraction of sp³-hybridized carbons (Fsp3) is 0.474. The minimum Gasteiger partial charge on any atom is -0.0984 e. The van der Waals surface area contributed by atoms with Gasteiger partial charge in [0.25, 0.3) is 0 Å². The standard InChI is InChI=1S/C19H28/c1-4-7-8-9-10-11-12-13-17-14-15-18(5-2)19(6-3)16-17/h5-6,14-16H,2-4,7-13H2,1H3. The van der Waals surface area contributed by atoms with Crippen LogP contribution in [0.25, 0.3) is 12.2 Å². The molecule has 0 aromatic heterocycles. The third kappa shape index (κ3) is 5.92. The monoisotopic (exact) mass is 256 g/mol. The lowest BCUT2D eigenvalue weighted by Crippen LogP contribution is -1.89. The smallest absolute Gasteiger partial charge is 0.0187 e. The second-order valence-corrected chi connectivity index (χ2v) is 5.24. The third-order valence-corrected chi connectivity index (χ3v) is 3.66. The van der Waals surface area contributed by atoms with Gasteiger partial charge in [-0.3, -0.25) is 0 Å². The Kier molecular flexibility index (Phi) is 7.97. The minimum absolute atomic E-state index is 1.18. The summed E-state index contributed by atoms with van der Waals surface area (Å²) in [6.45, 7) is 9.97. The molecule has 0 amide bonds. The molecule has 0 aliphatic carbocycles. The van der Waals surface area contributed by atoms with E-state index in [0.29, 0.717) is 0 Å². The summed E-state index contributed by atoms with van der Waals surface area (Å²) in [7, 11) is 0. The molecule has 0 spiro atoms. The predicted octanol–water partition coefficient (Wildman–Crippen LogP) is 6.27. The topological polar surface area (TPSA) is 0 Å². The van der Waals surface area contributed by atoms with Crippen molar-refractivity contribution in [2.24, 2.45) is 0 Å². The maximum atomic E-state index is 3.87. The SMILES string of the molecule is C=Cc1ccc(CCCCCCCCC)cc1C=C. The molecule has 0 aliphatic heterocycles. The Morgan fingerprint density at radius 2 is 1.47 bits per heavy atom. The Balaban J connectivity index is 2.29. The summed E-state index contributed by atoms with van der Waals surface area (Å²) in [5.41, 5.74) is 3.81. The molecule has 19 heavy (non-hydrogen) atoms. The van der Waals surface area contributed by atoms with Crippen molar-refractivity contribution in [3.05, 3.63) is 48.0 Å². The maximum Gasteiger partial charge on any atom is -0.0187 e. The molecule has 0 radical (unpaired) electrons. The van der Waals surface area contributed by atoms with Crippen LogP contribution in [0, 0.1) is 0 Å². The molecular weight excluding hydrogens is 228 g/mol. The predicted molar refractivity (Wildman–Crippen MR) is 88.3 cm³/mol. The molecule has 0 atom stereocenters. The van der Waals surface area contributed by atoms with Crippen LogP contribution in [0.15, 0.2) is 31.4 Å². The highest BCUT2D eigenvalue weighted by molar-refractivity contribution is 5.64. The van der Waals surface area contributed by atoms with Crippen LogP contribution in [0.5, 0.6) is 0 Å². The molecule has 1 rings (SSSR count). The van der Waals surface area contributed by atoms with Crippen LogP contribution in [-0.4, -0.2) is 0 Å². The quantitative estimate of drug-likeness (QED) is 0.433. The van der Waals surface area contributed by atoms with E-state index in [1.54, 1.807) is 0 Å². The largest absolute Gasteiger partial charge is 0.0984 e. The maximum absolute atomic E-state index is 3.87. The second-order valence-electron chi connectivity index (χ2n) is 5.24. The van der Waals surface area contributed by atoms with Crippen LogP contribution >= 0.6 is 0 Å². The molecule has 0 saturated carbocycles. The van der Waals surface area contributed by atoms with Crippen LogP contribution < -0.4 is 0 Å². The first-order chi connectivity index (χ1) is 9.31. The van der Waals surface area contributed by atoms with E-state index in [1.807, 2.05) is 12.2 Å². The number of benzene rings is 1. The van der Waals surface area contributed by atoms with E-state index >= 15 is 0 Å². The highest BCUT2D eigenvalue weighted by Crippen LogP contribution is 2.17. The van der Waals surface area contributed by atoms with Crippen molar-refractivity contribution >= 4 is 12.2 Å². The summed E-state index contributed by atoms with van der Waals surface area (Å²) in [6.07, 6.45) is 14.6. The molecule has 0 heterocycles. The van der Waals surface area contributed by atoms with Gasteiger partial charge in [-0.25, -0.2) is 0 Å². The first kappa shape index (κ1) is 15.8. The van der Waals surface area contributed by atoms with Gasteiger partial charge in [-0.1, -0.05) is 89.0 Å². The van der Waals surface area contributed by atoms with Crippen molar-refractivity contribution in [2.75, 3.05) is 0 Å². The molecule has 1 aromatic rings. The van der Waals surface area contributed by atoms with E-state index in [0.717, 1.165) is 0 Å². The Hall–Kier alpha value is -1.30. The summed E-state index contributed by atoms with van der Waals surface area (Å²) in [4.78, 5) is 0. The zero-order valence-electron chi connectivity index (χ0n) is 12.5. The van der Waals surface area contributed by atoms with Gasteiger partial charge in [0.2, 0.25) is 0 Å². The Morgan fingerprint density at radius 3 is 2.11 bits per heavy atom. The molecule has 0 nitrogen and oxygen atoms in total. The van der Waals surface area contributed by atoms with Gasteiger partial charge in [-0.2, -0.15) is 0 Å². The van der Waals surface area contributed by atoms with Crippen molar-refractivity contribution in [1.82, 2.24) is 0 Å². The van der Waals surface area contributed by atoms with E-state index < -0.39 is 0 Å². The van der Waals surface area contributed by atoms with Gasteiger partial charge in [0.15, 0.2) is 0 Å². The van der Waals surface area contributed by atoms with Gasteiger partial charge in [0.05, 0.1) is 0 Å². The van der Waals surface area contributed by atoms with Gasteiger partial charge >= 0.3 is 0 Å². The molecule has 1 aromatic carbocycles. The number of aryl methyl sites for hydroxylation is 1. The van der Waals surface area contributed by atoms with Crippen LogP contribution in [0.4, 0.5) is 0 Å². The lowest BCUT2D eigenvalue weighted by atomic mass is 9.99. The van der Waals surface area contributed by atoms with Crippen molar-refractivity contribution in [2.45, 2.75) is 58.3 Å². The number of hydrogen-bond donors (Lipinski definition) is 0. The fourth-order valence-electron chi connectivity index (χ4n) is 2.43. The summed E-state index contributed by atoms with van der Waals surface area (Å²) in [5, 5.41) is 0. The van der Waals surface area contributed by atoms with Crippen molar-refractivity contribution in [3.63, 3.8) is 0 Å². The van der Waals surface area contributed by atoms with Gasteiger partial charge in [-0.05, 0) is 29.5 Å². The van der Waals surface area contributed by atoms with Crippen LogP contribution in [0.1, 0.15) is 68.6 Å². The molecule has 104 valence electrons. The molecule has 0 bridgehead atoms. The van der Waals surface area contributed by atoms with E-state index in [1.165, 1.54) is 68.1 Å². The van der Waals surface area contributed by atoms with Crippen LogP contribution in [0.2, 0.25) is 0 Å². The molecule has 0 saturated heterocycles. The lowest BCUT2D eigenvalue weighted by Gasteiger charge is -2.06. The fourth-order valence-corrected chi connectivity index (χ4v) is 2.43. The Labute approximate surface area is 119 Å². The Morgan fingerprint density at radius 1 is 0.842 bits per heavy atom. The Bertz CT molecular complexity index is 387. The van der Waals surface area contributed by atoms with Gasteiger partial charge < -0.3 is 0 Å². The van der Waals surface area contributed by atoms with Crippen molar-refractivity contribution < 1.29 is 0 Å². The highest BCUT2D eigenvalue weighted by Gasteiger charge is 1.99. The summed E-state index contributed by atoms with van der Waals surface area (Å²) < 4.78 is 0. The van der Waals surface area contributed by atoms with Crippen molar-refractivity contribution in [3.8, 4) is 0 Å². The number of hydrogen-bond acceptors (Lipinski definition) is 0. The average Bonchev–Trinajstić information content (AvgIpc) is 2.46. The molecule has 0 N–H and O–H groups in total. The van der Waals surface area contributed by atoms with E-state index in [4.69, 9.17) is 0 Å². The van der Waals surface area contributed by atoms with E-state index in [9.17, 15) is 0 Å². The first-order valence-corrected chi connectivity index (χ1v) is 7.69. The molecule has 0 fully saturated rings. The zero-order chi connectivity index (χ0) is 13.9. The van der Waals surface area contributed by atoms with Crippen LogP contribution in [0.3, 0.4) is 0 Å². The van der Waals surface area contributed by atoms with Gasteiger partial charge in [-0.15, -0.1) is 0 Å².